The maximum absolute atomic E-state index is 11.6. The number of ether oxygens (including phenoxy) is 1. The molecule has 0 aromatic heterocycles. The van der Waals surface area contributed by atoms with Gasteiger partial charge in [0.15, 0.2) is 5.96 Å². The Morgan fingerprint density at radius 3 is 2.21 bits per heavy atom. The number of nitrogens with one attached hydrogen (secondary N) is 4. The highest BCUT2D eigenvalue weighted by molar-refractivity contribution is 5.79. The second-order valence-corrected chi connectivity index (χ2v) is 8.44. The molecule has 0 bridgehead atoms. The topological polar surface area (TPSA) is 86.8 Å². The first kappa shape index (κ1) is 23.8. The molecule has 0 saturated heterocycles. The number of guanidine groups is 1. The Labute approximate surface area is 169 Å². The van der Waals surface area contributed by atoms with E-state index in [1.165, 1.54) is 5.56 Å². The van der Waals surface area contributed by atoms with Crippen LogP contribution in [-0.4, -0.2) is 49.9 Å². The van der Waals surface area contributed by atoms with Crippen molar-refractivity contribution in [1.82, 2.24) is 21.3 Å². The van der Waals surface area contributed by atoms with Gasteiger partial charge >= 0.3 is 6.09 Å². The summed E-state index contributed by atoms with van der Waals surface area (Å²) in [7, 11) is 1.73. The number of aliphatic imine (C=N–C) groups is 1. The lowest BCUT2D eigenvalue weighted by atomic mass is 10.0. The van der Waals surface area contributed by atoms with Crippen LogP contribution in [-0.2, 0) is 4.74 Å². The number of carbonyl (C=O) groups excluding carboxylic acids is 1. The third kappa shape index (κ3) is 10.2. The average Bonchev–Trinajstić information content (AvgIpc) is 2.60. The zero-order chi connectivity index (χ0) is 21.2. The molecule has 7 nitrogen and oxygen atoms in total. The third-order valence-corrected chi connectivity index (χ3v) is 3.91. The van der Waals surface area contributed by atoms with Crippen LogP contribution < -0.4 is 21.3 Å². The summed E-state index contributed by atoms with van der Waals surface area (Å²) in [5.74, 6) is 0.688. The maximum atomic E-state index is 11.6. The van der Waals surface area contributed by atoms with Gasteiger partial charge in [-0.3, -0.25) is 4.99 Å². The SMILES string of the molecule is CN=C(NCCNC(=O)OC(C)(C)C)NCC(C)(C)NC(C)c1ccccc1. The summed E-state index contributed by atoms with van der Waals surface area (Å²) in [5.41, 5.74) is 0.623. The van der Waals surface area contributed by atoms with Crippen molar-refractivity contribution < 1.29 is 9.53 Å². The van der Waals surface area contributed by atoms with E-state index in [-0.39, 0.29) is 11.6 Å². The monoisotopic (exact) mass is 391 g/mol. The first-order valence-corrected chi connectivity index (χ1v) is 9.76. The normalized spacial score (nSPS) is 13.6. The lowest BCUT2D eigenvalue weighted by Gasteiger charge is -2.31. The first-order valence-electron chi connectivity index (χ1n) is 9.76. The Bertz CT molecular complexity index is 623. The van der Waals surface area contributed by atoms with Crippen molar-refractivity contribution in [3.8, 4) is 0 Å². The number of nitrogens with zero attached hydrogens (tertiary/aromatic N) is 1. The minimum atomic E-state index is -0.495. The molecule has 1 aromatic carbocycles. The van der Waals surface area contributed by atoms with Gasteiger partial charge in [0.1, 0.15) is 5.60 Å². The maximum Gasteiger partial charge on any atom is 0.407 e. The predicted octanol–water partition coefficient (Wildman–Crippen LogP) is 2.81. The molecule has 0 radical (unpaired) electrons. The van der Waals surface area contributed by atoms with E-state index in [0.717, 1.165) is 0 Å². The number of amides is 1. The zero-order valence-electron chi connectivity index (χ0n) is 18.3. The van der Waals surface area contributed by atoms with E-state index >= 15 is 0 Å². The summed E-state index contributed by atoms with van der Waals surface area (Å²) < 4.78 is 5.20. The van der Waals surface area contributed by atoms with Gasteiger partial charge in [-0.1, -0.05) is 30.3 Å². The Hall–Kier alpha value is -2.28. The lowest BCUT2D eigenvalue weighted by molar-refractivity contribution is 0.0529. The Balaban J connectivity index is 2.35. The Kier molecular flexibility index (Phi) is 9.25. The van der Waals surface area contributed by atoms with Gasteiger partial charge in [-0.25, -0.2) is 4.79 Å². The van der Waals surface area contributed by atoms with E-state index in [9.17, 15) is 4.79 Å². The van der Waals surface area contributed by atoms with Gasteiger partial charge in [0.25, 0.3) is 0 Å². The molecule has 0 fully saturated rings. The Morgan fingerprint density at radius 1 is 1.04 bits per heavy atom. The van der Waals surface area contributed by atoms with Crippen LogP contribution >= 0.6 is 0 Å². The number of carbonyl (C=O) groups is 1. The van der Waals surface area contributed by atoms with E-state index in [1.807, 2.05) is 26.8 Å². The molecule has 1 rings (SSSR count). The highest BCUT2D eigenvalue weighted by atomic mass is 16.6. The molecule has 1 aromatic rings. The largest absolute Gasteiger partial charge is 0.444 e. The van der Waals surface area contributed by atoms with Crippen LogP contribution in [0.15, 0.2) is 35.3 Å². The molecule has 1 atom stereocenters. The predicted molar refractivity (Wildman–Crippen MR) is 116 cm³/mol. The highest BCUT2D eigenvalue weighted by Gasteiger charge is 2.21. The van der Waals surface area contributed by atoms with Crippen molar-refractivity contribution in [2.24, 2.45) is 4.99 Å². The lowest BCUT2D eigenvalue weighted by Crippen LogP contribution is -2.52. The summed E-state index contributed by atoms with van der Waals surface area (Å²) in [6.45, 7) is 13.7. The van der Waals surface area contributed by atoms with Gasteiger partial charge in [-0.05, 0) is 47.1 Å². The summed E-state index contributed by atoms with van der Waals surface area (Å²) >= 11 is 0. The van der Waals surface area contributed by atoms with E-state index in [0.29, 0.717) is 25.6 Å². The fourth-order valence-electron chi connectivity index (χ4n) is 2.65. The average molecular weight is 392 g/mol. The van der Waals surface area contributed by atoms with Crippen molar-refractivity contribution in [3.05, 3.63) is 35.9 Å². The van der Waals surface area contributed by atoms with Crippen LogP contribution in [0.3, 0.4) is 0 Å². The van der Waals surface area contributed by atoms with Crippen molar-refractivity contribution >= 4 is 12.1 Å². The quantitative estimate of drug-likeness (QED) is 0.311. The molecule has 0 spiro atoms. The molecule has 0 aliphatic rings. The van der Waals surface area contributed by atoms with E-state index < -0.39 is 11.7 Å². The molecule has 28 heavy (non-hydrogen) atoms. The minimum absolute atomic E-state index is 0.137. The van der Waals surface area contributed by atoms with Gasteiger partial charge in [0, 0.05) is 38.3 Å². The molecule has 4 N–H and O–H groups in total. The van der Waals surface area contributed by atoms with Crippen molar-refractivity contribution in [3.63, 3.8) is 0 Å². The van der Waals surface area contributed by atoms with Gasteiger partial charge in [0.05, 0.1) is 0 Å². The van der Waals surface area contributed by atoms with Crippen molar-refractivity contribution in [2.75, 3.05) is 26.7 Å². The second-order valence-electron chi connectivity index (χ2n) is 8.44. The second kappa shape index (κ2) is 10.9. The summed E-state index contributed by atoms with van der Waals surface area (Å²) in [6, 6.07) is 10.6. The molecule has 0 saturated carbocycles. The van der Waals surface area contributed by atoms with Crippen molar-refractivity contribution in [1.29, 1.82) is 0 Å². The molecule has 7 heteroatoms. The zero-order valence-corrected chi connectivity index (χ0v) is 18.3. The summed E-state index contributed by atoms with van der Waals surface area (Å²) in [6.07, 6.45) is -0.419. The van der Waals surface area contributed by atoms with E-state index in [4.69, 9.17) is 4.74 Å². The molecule has 158 valence electrons. The van der Waals surface area contributed by atoms with Crippen LogP contribution in [0.4, 0.5) is 4.79 Å². The Morgan fingerprint density at radius 2 is 1.64 bits per heavy atom. The van der Waals surface area contributed by atoms with Crippen LogP contribution in [0.2, 0.25) is 0 Å². The molecule has 1 unspecified atom stereocenters. The number of alkyl carbamates (subject to hydrolysis) is 1. The molecular weight excluding hydrogens is 354 g/mol. The van der Waals surface area contributed by atoms with Crippen LogP contribution in [0.1, 0.15) is 53.1 Å². The first-order chi connectivity index (χ1) is 13.0. The van der Waals surface area contributed by atoms with Gasteiger partial charge in [-0.2, -0.15) is 0 Å². The van der Waals surface area contributed by atoms with Crippen LogP contribution in [0.25, 0.3) is 0 Å². The number of hydrogen-bond donors (Lipinski definition) is 4. The van der Waals surface area contributed by atoms with E-state index in [2.05, 4.69) is 71.3 Å². The van der Waals surface area contributed by atoms with Gasteiger partial charge in [-0.15, -0.1) is 0 Å². The van der Waals surface area contributed by atoms with Crippen molar-refractivity contribution in [2.45, 2.75) is 58.7 Å². The fraction of sp³-hybridized carbons (Fsp3) is 0.619. The molecular formula is C21H37N5O2. The fourth-order valence-corrected chi connectivity index (χ4v) is 2.65. The third-order valence-electron chi connectivity index (χ3n) is 3.91. The van der Waals surface area contributed by atoms with Crippen LogP contribution in [0, 0.1) is 0 Å². The van der Waals surface area contributed by atoms with Gasteiger partial charge < -0.3 is 26.0 Å². The number of benzene rings is 1. The molecule has 0 aliphatic carbocycles. The highest BCUT2D eigenvalue weighted by Crippen LogP contribution is 2.15. The minimum Gasteiger partial charge on any atom is -0.444 e. The number of hydrogen-bond acceptors (Lipinski definition) is 4. The number of rotatable bonds is 8. The summed E-state index contributed by atoms with van der Waals surface area (Å²) in [5, 5.41) is 12.9. The van der Waals surface area contributed by atoms with E-state index in [1.54, 1.807) is 7.05 Å². The summed E-state index contributed by atoms with van der Waals surface area (Å²) in [4.78, 5) is 15.9. The molecule has 0 heterocycles. The van der Waals surface area contributed by atoms with Crippen LogP contribution in [0.5, 0.6) is 0 Å². The molecule has 0 aliphatic heterocycles. The smallest absolute Gasteiger partial charge is 0.407 e. The molecule has 1 amide bonds. The van der Waals surface area contributed by atoms with Gasteiger partial charge in [0.2, 0.25) is 0 Å². The standard InChI is InChI=1S/C21H37N5O2/c1-16(17-11-9-8-10-12-17)26-21(5,6)15-25-18(22-7)23-13-14-24-19(27)28-20(2,3)4/h8-12,16,26H,13-15H2,1-7H3,(H,24,27)(H2,22,23,25).